The number of nitrogens with zero attached hydrogens (tertiary/aromatic N) is 1. The summed E-state index contributed by atoms with van der Waals surface area (Å²) in [6.45, 7) is 3.10. The fourth-order valence-electron chi connectivity index (χ4n) is 2.28. The number of rotatable bonds is 11. The summed E-state index contributed by atoms with van der Waals surface area (Å²) in [6, 6.07) is 8.12. The summed E-state index contributed by atoms with van der Waals surface area (Å²) in [4.78, 5) is 23.3. The Morgan fingerprint density at radius 3 is 2.14 bits per heavy atom. The maximum atomic E-state index is 10.8. The molecular formula is C17H25NO4. The molecule has 0 aliphatic rings. The van der Waals surface area contributed by atoms with E-state index in [4.69, 9.17) is 10.2 Å². The van der Waals surface area contributed by atoms with E-state index >= 15 is 0 Å². The molecule has 0 atom stereocenters. The standard InChI is InChI=1S/C17H25NO4/c1-2-3-5-14-7-9-15(10-8-14)18(13-11-17(21)22)12-4-6-16(19)20/h7-10H,2-6,11-13H2,1H3,(H,19,20)(H,21,22). The van der Waals surface area contributed by atoms with Crippen molar-refractivity contribution in [2.24, 2.45) is 0 Å². The lowest BCUT2D eigenvalue weighted by molar-refractivity contribution is -0.138. The molecule has 122 valence electrons. The molecule has 0 fully saturated rings. The summed E-state index contributed by atoms with van der Waals surface area (Å²) in [7, 11) is 0. The van der Waals surface area contributed by atoms with Gasteiger partial charge in [-0.05, 0) is 37.0 Å². The maximum absolute atomic E-state index is 10.8. The summed E-state index contributed by atoms with van der Waals surface area (Å²) in [5, 5.41) is 17.6. The predicted molar refractivity (Wildman–Crippen MR) is 86.4 cm³/mol. The zero-order chi connectivity index (χ0) is 16.4. The van der Waals surface area contributed by atoms with Gasteiger partial charge in [0, 0.05) is 25.2 Å². The van der Waals surface area contributed by atoms with E-state index in [1.165, 1.54) is 5.56 Å². The molecule has 0 spiro atoms. The molecule has 0 radical (unpaired) electrons. The normalized spacial score (nSPS) is 10.4. The summed E-state index contributed by atoms with van der Waals surface area (Å²) < 4.78 is 0. The lowest BCUT2D eigenvalue weighted by Crippen LogP contribution is -2.27. The van der Waals surface area contributed by atoms with Crippen LogP contribution in [-0.2, 0) is 16.0 Å². The molecular weight excluding hydrogens is 282 g/mol. The van der Waals surface area contributed by atoms with Gasteiger partial charge in [0.2, 0.25) is 0 Å². The Morgan fingerprint density at radius 2 is 1.59 bits per heavy atom. The number of benzene rings is 1. The summed E-state index contributed by atoms with van der Waals surface area (Å²) in [6.07, 6.45) is 4.00. The van der Waals surface area contributed by atoms with Gasteiger partial charge in [-0.15, -0.1) is 0 Å². The molecule has 0 aliphatic carbocycles. The van der Waals surface area contributed by atoms with Crippen molar-refractivity contribution in [2.45, 2.75) is 45.4 Å². The van der Waals surface area contributed by atoms with Gasteiger partial charge in [-0.25, -0.2) is 0 Å². The first-order valence-electron chi connectivity index (χ1n) is 7.80. The van der Waals surface area contributed by atoms with E-state index in [0.717, 1.165) is 24.9 Å². The van der Waals surface area contributed by atoms with Gasteiger partial charge in [0.15, 0.2) is 0 Å². The van der Waals surface area contributed by atoms with E-state index in [9.17, 15) is 9.59 Å². The molecule has 5 nitrogen and oxygen atoms in total. The highest BCUT2D eigenvalue weighted by molar-refractivity contribution is 5.68. The molecule has 0 saturated heterocycles. The monoisotopic (exact) mass is 307 g/mol. The Labute approximate surface area is 131 Å². The second-order valence-corrected chi connectivity index (χ2v) is 5.40. The Hall–Kier alpha value is -2.04. The van der Waals surface area contributed by atoms with Gasteiger partial charge in [0.1, 0.15) is 0 Å². The average Bonchev–Trinajstić information content (AvgIpc) is 2.48. The Morgan fingerprint density at radius 1 is 0.955 bits per heavy atom. The summed E-state index contributed by atoms with van der Waals surface area (Å²) in [5.74, 6) is -1.67. The first-order valence-corrected chi connectivity index (χ1v) is 7.80. The highest BCUT2D eigenvalue weighted by atomic mass is 16.4. The average molecular weight is 307 g/mol. The predicted octanol–water partition coefficient (Wildman–Crippen LogP) is 3.18. The van der Waals surface area contributed by atoms with Gasteiger partial charge >= 0.3 is 11.9 Å². The SMILES string of the molecule is CCCCc1ccc(N(CCCC(=O)O)CCC(=O)O)cc1. The number of carbonyl (C=O) groups is 2. The topological polar surface area (TPSA) is 77.8 Å². The molecule has 0 bridgehead atoms. The minimum absolute atomic E-state index is 0.0463. The molecule has 1 aromatic rings. The number of anilines is 1. The Balaban J connectivity index is 2.66. The van der Waals surface area contributed by atoms with E-state index in [1.807, 2.05) is 17.0 Å². The zero-order valence-corrected chi connectivity index (χ0v) is 13.1. The van der Waals surface area contributed by atoms with Crippen LogP contribution >= 0.6 is 0 Å². The third kappa shape index (κ3) is 7.11. The molecule has 0 unspecified atom stereocenters. The molecule has 0 amide bonds. The molecule has 0 aromatic heterocycles. The maximum Gasteiger partial charge on any atom is 0.305 e. The number of carboxylic acids is 2. The van der Waals surface area contributed by atoms with Crippen LogP contribution in [0.5, 0.6) is 0 Å². The number of unbranched alkanes of at least 4 members (excludes halogenated alkanes) is 1. The van der Waals surface area contributed by atoms with Crippen molar-refractivity contribution in [3.05, 3.63) is 29.8 Å². The third-order valence-corrected chi connectivity index (χ3v) is 3.53. The molecule has 1 rings (SSSR count). The molecule has 0 heterocycles. The zero-order valence-electron chi connectivity index (χ0n) is 13.1. The lowest BCUT2D eigenvalue weighted by Gasteiger charge is -2.24. The van der Waals surface area contributed by atoms with Crippen LogP contribution in [0.4, 0.5) is 5.69 Å². The van der Waals surface area contributed by atoms with Crippen LogP contribution in [0.15, 0.2) is 24.3 Å². The Kier molecular flexibility index (Phi) is 8.04. The number of carboxylic acid groups (broad SMARTS) is 2. The number of aryl methyl sites for hydroxylation is 1. The second kappa shape index (κ2) is 9.82. The highest BCUT2D eigenvalue weighted by Crippen LogP contribution is 2.17. The summed E-state index contributed by atoms with van der Waals surface area (Å²) >= 11 is 0. The minimum atomic E-state index is -0.845. The lowest BCUT2D eigenvalue weighted by atomic mass is 10.1. The molecule has 1 aromatic carbocycles. The third-order valence-electron chi connectivity index (χ3n) is 3.53. The number of hydrogen-bond donors (Lipinski definition) is 2. The van der Waals surface area contributed by atoms with E-state index < -0.39 is 11.9 Å². The van der Waals surface area contributed by atoms with Crippen LogP contribution in [0.1, 0.15) is 44.6 Å². The van der Waals surface area contributed by atoms with Crippen molar-refractivity contribution in [1.82, 2.24) is 0 Å². The van der Waals surface area contributed by atoms with E-state index in [1.54, 1.807) is 0 Å². The molecule has 2 N–H and O–H groups in total. The van der Waals surface area contributed by atoms with Gasteiger partial charge in [-0.3, -0.25) is 9.59 Å². The van der Waals surface area contributed by atoms with Gasteiger partial charge in [-0.1, -0.05) is 25.5 Å². The molecule has 0 aliphatic heterocycles. The van der Waals surface area contributed by atoms with Crippen molar-refractivity contribution in [2.75, 3.05) is 18.0 Å². The first kappa shape index (κ1) is 18.0. The van der Waals surface area contributed by atoms with Gasteiger partial charge < -0.3 is 15.1 Å². The van der Waals surface area contributed by atoms with Crippen molar-refractivity contribution >= 4 is 17.6 Å². The molecule has 22 heavy (non-hydrogen) atoms. The van der Waals surface area contributed by atoms with Crippen molar-refractivity contribution < 1.29 is 19.8 Å². The minimum Gasteiger partial charge on any atom is -0.481 e. The van der Waals surface area contributed by atoms with E-state index in [-0.39, 0.29) is 12.8 Å². The van der Waals surface area contributed by atoms with E-state index in [0.29, 0.717) is 19.5 Å². The largest absolute Gasteiger partial charge is 0.481 e. The van der Waals surface area contributed by atoms with E-state index in [2.05, 4.69) is 19.1 Å². The Bertz CT molecular complexity index is 470. The van der Waals surface area contributed by atoms with Crippen LogP contribution in [0, 0.1) is 0 Å². The van der Waals surface area contributed by atoms with Crippen molar-refractivity contribution in [1.29, 1.82) is 0 Å². The molecule has 0 saturated carbocycles. The number of hydrogen-bond acceptors (Lipinski definition) is 3. The van der Waals surface area contributed by atoms with Crippen LogP contribution in [0.25, 0.3) is 0 Å². The fraction of sp³-hybridized carbons (Fsp3) is 0.529. The summed E-state index contributed by atoms with van der Waals surface area (Å²) in [5.41, 5.74) is 2.22. The van der Waals surface area contributed by atoms with Crippen LogP contribution in [0.3, 0.4) is 0 Å². The van der Waals surface area contributed by atoms with Crippen LogP contribution < -0.4 is 4.90 Å². The van der Waals surface area contributed by atoms with Gasteiger partial charge in [0.25, 0.3) is 0 Å². The van der Waals surface area contributed by atoms with Gasteiger partial charge in [0.05, 0.1) is 6.42 Å². The second-order valence-electron chi connectivity index (χ2n) is 5.40. The van der Waals surface area contributed by atoms with Crippen molar-refractivity contribution in [3.8, 4) is 0 Å². The number of aliphatic carboxylic acids is 2. The quantitative estimate of drug-likeness (QED) is 0.656. The van der Waals surface area contributed by atoms with Gasteiger partial charge in [-0.2, -0.15) is 0 Å². The molecule has 5 heteroatoms. The highest BCUT2D eigenvalue weighted by Gasteiger charge is 2.10. The van der Waals surface area contributed by atoms with Crippen LogP contribution in [0.2, 0.25) is 0 Å². The fourth-order valence-corrected chi connectivity index (χ4v) is 2.28. The first-order chi connectivity index (χ1) is 10.5. The smallest absolute Gasteiger partial charge is 0.305 e. The van der Waals surface area contributed by atoms with Crippen molar-refractivity contribution in [3.63, 3.8) is 0 Å². The van der Waals surface area contributed by atoms with Crippen LogP contribution in [-0.4, -0.2) is 35.2 Å².